The lowest BCUT2D eigenvalue weighted by molar-refractivity contribution is -0.385. The van der Waals surface area contributed by atoms with Crippen LogP contribution in [0.25, 0.3) is 11.0 Å². The molecule has 35 heavy (non-hydrogen) atoms. The van der Waals surface area contributed by atoms with E-state index in [1.807, 2.05) is 0 Å². The number of hydrogen-bond acceptors (Lipinski definition) is 7. The van der Waals surface area contributed by atoms with Crippen molar-refractivity contribution in [2.24, 2.45) is 0 Å². The summed E-state index contributed by atoms with van der Waals surface area (Å²) in [5.74, 6) is -4.48. The Bertz CT molecular complexity index is 1530. The molecule has 0 atom stereocenters. The first-order valence-corrected chi connectivity index (χ1v) is 10.00. The number of rotatable bonds is 5. The quantitative estimate of drug-likeness (QED) is 0.134. The third-order valence-corrected chi connectivity index (χ3v) is 4.97. The number of alkyl halides is 3. The van der Waals surface area contributed by atoms with E-state index in [0.29, 0.717) is 0 Å². The minimum Gasteiger partial charge on any atom is -0.448 e. The number of carbonyl (C=O) groups is 1. The van der Waals surface area contributed by atoms with Crippen LogP contribution in [-0.2, 0) is 6.18 Å². The second-order valence-electron chi connectivity index (χ2n) is 6.94. The monoisotopic (exact) mass is 505 g/mol. The first kappa shape index (κ1) is 23.8. The van der Waals surface area contributed by atoms with E-state index in [4.69, 9.17) is 25.5 Å². The Labute approximate surface area is 198 Å². The highest BCUT2D eigenvalue weighted by molar-refractivity contribution is 6.32. The lowest BCUT2D eigenvalue weighted by atomic mass is 10.1. The van der Waals surface area contributed by atoms with Crippen LogP contribution in [0.15, 0.2) is 75.9 Å². The largest absolute Gasteiger partial charge is 0.453 e. The van der Waals surface area contributed by atoms with E-state index in [2.05, 4.69) is 0 Å². The summed E-state index contributed by atoms with van der Waals surface area (Å²) < 4.78 is 56.4. The molecule has 0 bridgehead atoms. The number of ether oxygens (including phenoxy) is 2. The highest BCUT2D eigenvalue weighted by Gasteiger charge is 2.40. The number of fused-ring (bicyclic) bond motifs is 1. The minimum atomic E-state index is -5.12. The van der Waals surface area contributed by atoms with Gasteiger partial charge in [0.25, 0.3) is 11.4 Å². The Kier molecular flexibility index (Phi) is 6.18. The molecule has 0 aliphatic rings. The topological polar surface area (TPSA) is 109 Å². The van der Waals surface area contributed by atoms with E-state index in [-0.39, 0.29) is 27.5 Å². The summed E-state index contributed by atoms with van der Waals surface area (Å²) >= 11 is 5.93. The van der Waals surface area contributed by atoms with E-state index in [9.17, 15) is 32.9 Å². The fraction of sp³-hybridized carbons (Fsp3) is 0.0435. The van der Waals surface area contributed by atoms with E-state index in [1.54, 1.807) is 0 Å². The number of benzene rings is 3. The van der Waals surface area contributed by atoms with Crippen LogP contribution in [-0.4, -0.2) is 10.9 Å². The third kappa shape index (κ3) is 4.80. The molecule has 178 valence electrons. The molecule has 0 N–H and O–H groups in total. The molecular weight excluding hydrogens is 495 g/mol. The van der Waals surface area contributed by atoms with Gasteiger partial charge in [-0.25, -0.2) is 4.79 Å². The maximum Gasteiger partial charge on any atom is 0.453 e. The summed E-state index contributed by atoms with van der Waals surface area (Å²) in [6.07, 6.45) is -5.12. The summed E-state index contributed by atoms with van der Waals surface area (Å²) in [5, 5.41) is 10.8. The van der Waals surface area contributed by atoms with Gasteiger partial charge >= 0.3 is 12.1 Å². The molecular formula is C23H11ClF3NO7. The summed E-state index contributed by atoms with van der Waals surface area (Å²) in [6, 6.07) is 13.7. The predicted molar refractivity (Wildman–Crippen MR) is 117 cm³/mol. The predicted octanol–water partition coefficient (Wildman–Crippen LogP) is 6.38. The normalized spacial score (nSPS) is 11.3. The van der Waals surface area contributed by atoms with Crippen LogP contribution in [0.1, 0.15) is 16.1 Å². The van der Waals surface area contributed by atoms with Gasteiger partial charge in [0.05, 0.1) is 15.3 Å². The summed E-state index contributed by atoms with van der Waals surface area (Å²) in [5.41, 5.74) is -2.60. The van der Waals surface area contributed by atoms with E-state index >= 15 is 0 Å². The highest BCUT2D eigenvalue weighted by atomic mass is 35.5. The van der Waals surface area contributed by atoms with Gasteiger partial charge in [0.1, 0.15) is 22.6 Å². The lowest BCUT2D eigenvalue weighted by Crippen LogP contribution is -2.16. The van der Waals surface area contributed by atoms with Crippen LogP contribution in [0.3, 0.4) is 0 Å². The summed E-state index contributed by atoms with van der Waals surface area (Å²) in [7, 11) is 0. The SMILES string of the molecule is O=C(Oc1ccc2c(=O)c(Oc3ccccc3Cl)c(C(F)(F)F)oc2c1)c1ccccc1[N+](=O)[O-]. The molecule has 0 unspecified atom stereocenters. The van der Waals surface area contributed by atoms with Crippen molar-refractivity contribution in [3.8, 4) is 17.2 Å². The van der Waals surface area contributed by atoms with Crippen molar-refractivity contribution in [1.29, 1.82) is 0 Å². The number of carbonyl (C=O) groups excluding carboxylic acids is 1. The first-order valence-electron chi connectivity index (χ1n) is 9.62. The number of hydrogen-bond donors (Lipinski definition) is 0. The van der Waals surface area contributed by atoms with E-state index in [1.165, 1.54) is 36.4 Å². The second kappa shape index (κ2) is 9.11. The Morgan fingerprint density at radius 3 is 2.40 bits per heavy atom. The van der Waals surface area contributed by atoms with Crippen LogP contribution in [0.2, 0.25) is 5.02 Å². The average Bonchev–Trinajstić information content (AvgIpc) is 2.81. The number of para-hydroxylation sites is 2. The lowest BCUT2D eigenvalue weighted by Gasteiger charge is -2.14. The maximum atomic E-state index is 13.7. The van der Waals surface area contributed by atoms with Gasteiger partial charge in [-0.15, -0.1) is 0 Å². The molecule has 4 rings (SSSR count). The zero-order chi connectivity index (χ0) is 25.3. The van der Waals surface area contributed by atoms with E-state index in [0.717, 1.165) is 30.3 Å². The van der Waals surface area contributed by atoms with Gasteiger partial charge in [-0.3, -0.25) is 14.9 Å². The average molecular weight is 506 g/mol. The number of halogens is 4. The first-order chi connectivity index (χ1) is 16.6. The smallest absolute Gasteiger partial charge is 0.448 e. The van der Waals surface area contributed by atoms with Crippen LogP contribution in [0, 0.1) is 10.1 Å². The molecule has 3 aromatic carbocycles. The Morgan fingerprint density at radius 2 is 1.71 bits per heavy atom. The third-order valence-electron chi connectivity index (χ3n) is 4.66. The van der Waals surface area contributed by atoms with Gasteiger partial charge in [0.2, 0.25) is 11.2 Å². The molecule has 4 aromatic rings. The molecule has 1 heterocycles. The fourth-order valence-corrected chi connectivity index (χ4v) is 3.28. The molecule has 1 aromatic heterocycles. The molecule has 0 saturated heterocycles. The molecule has 12 heteroatoms. The number of nitro groups is 1. The molecule has 0 aliphatic carbocycles. The fourth-order valence-electron chi connectivity index (χ4n) is 3.10. The van der Waals surface area contributed by atoms with Gasteiger partial charge in [-0.2, -0.15) is 13.2 Å². The zero-order valence-corrected chi connectivity index (χ0v) is 17.9. The second-order valence-corrected chi connectivity index (χ2v) is 7.35. The van der Waals surface area contributed by atoms with Crippen LogP contribution in [0.4, 0.5) is 18.9 Å². The standard InChI is InChI=1S/C23H11ClF3NO7/c24-15-6-2-4-8-17(15)34-20-19(29)14-10-9-12(11-18(14)35-21(20)23(25,26)27)33-22(30)13-5-1-3-7-16(13)28(31)32/h1-11H. The van der Waals surface area contributed by atoms with Crippen molar-refractivity contribution in [2.75, 3.05) is 0 Å². The molecule has 0 saturated carbocycles. The molecule has 0 amide bonds. The molecule has 0 aliphatic heterocycles. The van der Waals surface area contributed by atoms with Gasteiger partial charge in [0.15, 0.2) is 0 Å². The summed E-state index contributed by atoms with van der Waals surface area (Å²) in [6.45, 7) is 0. The van der Waals surface area contributed by atoms with Crippen LogP contribution in [0.5, 0.6) is 17.2 Å². The van der Waals surface area contributed by atoms with Crippen molar-refractivity contribution in [1.82, 2.24) is 0 Å². The zero-order valence-electron chi connectivity index (χ0n) is 17.2. The highest BCUT2D eigenvalue weighted by Crippen LogP contribution is 2.40. The number of nitro benzene ring substituents is 1. The van der Waals surface area contributed by atoms with E-state index < -0.39 is 45.3 Å². The molecule has 0 spiro atoms. The molecule has 0 fully saturated rings. The number of esters is 1. The maximum absolute atomic E-state index is 13.7. The molecule has 0 radical (unpaired) electrons. The van der Waals surface area contributed by atoms with Crippen molar-refractivity contribution in [3.05, 3.63) is 103 Å². The Morgan fingerprint density at radius 1 is 1.03 bits per heavy atom. The van der Waals surface area contributed by atoms with Crippen LogP contribution < -0.4 is 14.9 Å². The van der Waals surface area contributed by atoms with Crippen LogP contribution >= 0.6 is 11.6 Å². The summed E-state index contributed by atoms with van der Waals surface area (Å²) in [4.78, 5) is 35.6. The van der Waals surface area contributed by atoms with Gasteiger partial charge < -0.3 is 13.9 Å². The van der Waals surface area contributed by atoms with Gasteiger partial charge in [0, 0.05) is 12.1 Å². The Hall–Kier alpha value is -4.38. The van der Waals surface area contributed by atoms with Gasteiger partial charge in [-0.1, -0.05) is 35.9 Å². The van der Waals surface area contributed by atoms with Gasteiger partial charge in [-0.05, 0) is 30.3 Å². The Balaban J connectivity index is 1.77. The minimum absolute atomic E-state index is 0.0302. The van der Waals surface area contributed by atoms with Crippen molar-refractivity contribution < 1.29 is 36.8 Å². The number of nitrogens with zero attached hydrogens (tertiary/aromatic N) is 1. The van der Waals surface area contributed by atoms with Crippen molar-refractivity contribution in [3.63, 3.8) is 0 Å². The van der Waals surface area contributed by atoms with Crippen molar-refractivity contribution >= 4 is 34.2 Å². The van der Waals surface area contributed by atoms with Crippen molar-refractivity contribution in [2.45, 2.75) is 6.18 Å². The molecule has 8 nitrogen and oxygen atoms in total.